The van der Waals surface area contributed by atoms with Crippen LogP contribution in [0.4, 0.5) is 0 Å². The molecule has 0 bridgehead atoms. The molecule has 0 atom stereocenters. The van der Waals surface area contributed by atoms with E-state index < -0.39 is 0 Å². The zero-order chi connectivity index (χ0) is 11.8. The minimum atomic E-state index is 0.357. The Balaban J connectivity index is 1.73. The molecular weight excluding hydrogens is 212 g/mol. The van der Waals surface area contributed by atoms with Gasteiger partial charge in [0.1, 0.15) is 5.75 Å². The van der Waals surface area contributed by atoms with Crippen molar-refractivity contribution in [2.24, 2.45) is 0 Å². The molecule has 0 spiro atoms. The average molecular weight is 228 g/mol. The van der Waals surface area contributed by atoms with Crippen LogP contribution in [-0.2, 0) is 0 Å². The van der Waals surface area contributed by atoms with Crippen molar-refractivity contribution in [3.8, 4) is 5.75 Å². The lowest BCUT2D eigenvalue weighted by Gasteiger charge is -2.35. The molecule has 2 N–H and O–H groups in total. The van der Waals surface area contributed by atoms with Crippen LogP contribution in [0.15, 0.2) is 30.5 Å². The van der Waals surface area contributed by atoms with Crippen molar-refractivity contribution < 1.29 is 5.11 Å². The number of aromatic amines is 1. The Morgan fingerprint density at radius 1 is 1.24 bits per heavy atom. The molecule has 1 aromatic heterocycles. The second kappa shape index (κ2) is 3.91. The standard InChI is InChI=1S/C14H16N2O/c1-9-6-12(17)2-3-13(9)10-7-11(8-10)14-4-5-15-16-14/h2-6,10-11,17H,7-8H2,1H3,(H,15,16). The molecule has 3 rings (SSSR count). The number of H-pyrrole nitrogens is 1. The Labute approximate surface area is 100 Å². The van der Waals surface area contributed by atoms with E-state index in [1.165, 1.54) is 29.7 Å². The lowest BCUT2D eigenvalue weighted by molar-refractivity contribution is 0.343. The fraction of sp³-hybridized carbons (Fsp3) is 0.357. The molecule has 2 aromatic rings. The summed E-state index contributed by atoms with van der Waals surface area (Å²) in [7, 11) is 0. The molecule has 1 heterocycles. The number of phenolic OH excluding ortho intramolecular Hbond substituents is 1. The third-order valence-corrected chi connectivity index (χ3v) is 3.79. The zero-order valence-electron chi connectivity index (χ0n) is 9.85. The summed E-state index contributed by atoms with van der Waals surface area (Å²) in [6, 6.07) is 7.74. The fourth-order valence-electron chi connectivity index (χ4n) is 2.74. The molecule has 0 amide bonds. The van der Waals surface area contributed by atoms with Crippen LogP contribution in [0.1, 0.15) is 41.5 Å². The monoisotopic (exact) mass is 228 g/mol. The zero-order valence-corrected chi connectivity index (χ0v) is 9.85. The van der Waals surface area contributed by atoms with Gasteiger partial charge in [0.05, 0.1) is 0 Å². The van der Waals surface area contributed by atoms with E-state index in [2.05, 4.69) is 29.3 Å². The van der Waals surface area contributed by atoms with E-state index in [-0.39, 0.29) is 0 Å². The molecule has 1 fully saturated rings. The first-order valence-electron chi connectivity index (χ1n) is 6.03. The van der Waals surface area contributed by atoms with Crippen molar-refractivity contribution in [3.63, 3.8) is 0 Å². The predicted octanol–water partition coefficient (Wildman–Crippen LogP) is 3.08. The number of rotatable bonds is 2. The fourth-order valence-corrected chi connectivity index (χ4v) is 2.74. The van der Waals surface area contributed by atoms with Crippen LogP contribution >= 0.6 is 0 Å². The Morgan fingerprint density at radius 3 is 2.71 bits per heavy atom. The third-order valence-electron chi connectivity index (χ3n) is 3.79. The van der Waals surface area contributed by atoms with E-state index >= 15 is 0 Å². The second-order valence-corrected chi connectivity index (χ2v) is 4.92. The number of aromatic hydroxyl groups is 1. The highest BCUT2D eigenvalue weighted by molar-refractivity contribution is 5.38. The molecule has 1 aromatic carbocycles. The highest BCUT2D eigenvalue weighted by Crippen LogP contribution is 2.47. The van der Waals surface area contributed by atoms with Gasteiger partial charge in [0.2, 0.25) is 0 Å². The molecule has 1 saturated carbocycles. The normalized spacial score (nSPS) is 23.4. The minimum absolute atomic E-state index is 0.357. The SMILES string of the molecule is Cc1cc(O)ccc1C1CC(c2ccn[nH]2)C1. The van der Waals surface area contributed by atoms with Gasteiger partial charge in [-0.15, -0.1) is 0 Å². The summed E-state index contributed by atoms with van der Waals surface area (Å²) in [5, 5.41) is 16.4. The van der Waals surface area contributed by atoms with E-state index in [0.717, 1.165) is 0 Å². The lowest BCUT2D eigenvalue weighted by atomic mass is 9.69. The first kappa shape index (κ1) is 10.4. The molecule has 1 aliphatic carbocycles. The van der Waals surface area contributed by atoms with Crippen molar-refractivity contribution >= 4 is 0 Å². The molecule has 3 nitrogen and oxygen atoms in total. The van der Waals surface area contributed by atoms with E-state index in [9.17, 15) is 5.11 Å². The number of aryl methyl sites for hydroxylation is 1. The number of aromatic nitrogens is 2. The molecular formula is C14H16N2O. The van der Waals surface area contributed by atoms with Gasteiger partial charge >= 0.3 is 0 Å². The van der Waals surface area contributed by atoms with Crippen LogP contribution in [0.5, 0.6) is 5.75 Å². The summed E-state index contributed by atoms with van der Waals surface area (Å²) >= 11 is 0. The summed E-state index contributed by atoms with van der Waals surface area (Å²) in [6.07, 6.45) is 4.16. The summed E-state index contributed by atoms with van der Waals surface area (Å²) in [5.41, 5.74) is 3.81. The maximum absolute atomic E-state index is 9.40. The molecule has 0 saturated heterocycles. The first-order valence-corrected chi connectivity index (χ1v) is 6.03. The van der Waals surface area contributed by atoms with Crippen LogP contribution in [0.2, 0.25) is 0 Å². The van der Waals surface area contributed by atoms with Gasteiger partial charge in [-0.1, -0.05) is 6.07 Å². The Kier molecular flexibility index (Phi) is 2.39. The molecule has 3 heteroatoms. The number of phenols is 1. The molecule has 0 unspecified atom stereocenters. The number of hydrogen-bond donors (Lipinski definition) is 2. The number of nitrogens with one attached hydrogen (secondary N) is 1. The van der Waals surface area contributed by atoms with Crippen LogP contribution in [0, 0.1) is 6.92 Å². The predicted molar refractivity (Wildman–Crippen MR) is 66.1 cm³/mol. The minimum Gasteiger partial charge on any atom is -0.508 e. The Hall–Kier alpha value is -1.77. The first-order chi connectivity index (χ1) is 8.24. The van der Waals surface area contributed by atoms with Gasteiger partial charge in [-0.2, -0.15) is 5.10 Å². The van der Waals surface area contributed by atoms with Gasteiger partial charge in [0.15, 0.2) is 0 Å². The van der Waals surface area contributed by atoms with Gasteiger partial charge in [0, 0.05) is 17.8 Å². The van der Waals surface area contributed by atoms with E-state index in [0.29, 0.717) is 17.6 Å². The van der Waals surface area contributed by atoms with Gasteiger partial charge < -0.3 is 5.11 Å². The summed E-state index contributed by atoms with van der Waals surface area (Å²) < 4.78 is 0. The smallest absolute Gasteiger partial charge is 0.115 e. The number of benzene rings is 1. The largest absolute Gasteiger partial charge is 0.508 e. The third kappa shape index (κ3) is 1.82. The van der Waals surface area contributed by atoms with Crippen molar-refractivity contribution in [2.75, 3.05) is 0 Å². The molecule has 0 aliphatic heterocycles. The van der Waals surface area contributed by atoms with Crippen molar-refractivity contribution in [2.45, 2.75) is 31.6 Å². The molecule has 17 heavy (non-hydrogen) atoms. The summed E-state index contributed by atoms with van der Waals surface area (Å²) in [4.78, 5) is 0. The number of hydrogen-bond acceptors (Lipinski definition) is 2. The molecule has 0 radical (unpaired) electrons. The van der Waals surface area contributed by atoms with Gasteiger partial charge in [0.25, 0.3) is 0 Å². The van der Waals surface area contributed by atoms with Crippen LogP contribution in [0.25, 0.3) is 0 Å². The quantitative estimate of drug-likeness (QED) is 0.829. The van der Waals surface area contributed by atoms with Crippen molar-refractivity contribution in [1.29, 1.82) is 0 Å². The van der Waals surface area contributed by atoms with Crippen LogP contribution in [0.3, 0.4) is 0 Å². The topological polar surface area (TPSA) is 48.9 Å². The van der Waals surface area contributed by atoms with E-state index in [4.69, 9.17) is 0 Å². The Bertz CT molecular complexity index is 513. The second-order valence-electron chi connectivity index (χ2n) is 4.92. The van der Waals surface area contributed by atoms with E-state index in [1.54, 1.807) is 6.07 Å². The maximum atomic E-state index is 9.40. The number of nitrogens with zero attached hydrogens (tertiary/aromatic N) is 1. The van der Waals surface area contributed by atoms with Crippen LogP contribution < -0.4 is 0 Å². The average Bonchev–Trinajstić information content (AvgIpc) is 2.72. The molecule has 88 valence electrons. The van der Waals surface area contributed by atoms with Crippen molar-refractivity contribution in [3.05, 3.63) is 47.3 Å². The van der Waals surface area contributed by atoms with E-state index in [1.807, 2.05) is 12.3 Å². The Morgan fingerprint density at radius 2 is 2.06 bits per heavy atom. The van der Waals surface area contributed by atoms with Crippen LogP contribution in [-0.4, -0.2) is 15.3 Å². The van der Waals surface area contributed by atoms with Gasteiger partial charge in [-0.25, -0.2) is 0 Å². The maximum Gasteiger partial charge on any atom is 0.115 e. The van der Waals surface area contributed by atoms with Gasteiger partial charge in [-0.3, -0.25) is 5.10 Å². The summed E-state index contributed by atoms with van der Waals surface area (Å²) in [5.74, 6) is 1.61. The van der Waals surface area contributed by atoms with Gasteiger partial charge in [-0.05, 0) is 55.0 Å². The highest BCUT2D eigenvalue weighted by atomic mass is 16.3. The molecule has 1 aliphatic rings. The van der Waals surface area contributed by atoms with Crippen molar-refractivity contribution in [1.82, 2.24) is 10.2 Å². The summed E-state index contributed by atoms with van der Waals surface area (Å²) in [6.45, 7) is 2.07. The highest BCUT2D eigenvalue weighted by Gasteiger charge is 2.32. The lowest BCUT2D eigenvalue weighted by Crippen LogP contribution is -2.21.